The van der Waals surface area contributed by atoms with Gasteiger partial charge in [0, 0.05) is 0 Å². The molecule has 1 aliphatic heterocycles. The monoisotopic (exact) mass is 510 g/mol. The first kappa shape index (κ1) is 26.3. The van der Waals surface area contributed by atoms with Crippen molar-refractivity contribution in [1.82, 2.24) is 0 Å². The first-order valence-electron chi connectivity index (χ1n) is 13.1. The summed E-state index contributed by atoms with van der Waals surface area (Å²) in [5.74, 6) is 0. The molecule has 5 heteroatoms. The van der Waals surface area contributed by atoms with E-state index in [0.29, 0.717) is 33.0 Å². The van der Waals surface area contributed by atoms with E-state index in [2.05, 4.69) is 24.3 Å². The van der Waals surface area contributed by atoms with E-state index in [1.54, 1.807) is 0 Å². The van der Waals surface area contributed by atoms with Crippen molar-refractivity contribution in [2.45, 2.75) is 51.0 Å². The molecule has 1 fully saturated rings. The molecule has 38 heavy (non-hydrogen) atoms. The SMILES string of the molecule is c1ccc(CO[C@@H]2OC[C@@H](OCc3ccccc3)[C@@H](OCc3ccccc3)[C@H]2OCc2ccccc2)cc1. The van der Waals surface area contributed by atoms with Crippen LogP contribution >= 0.6 is 0 Å². The van der Waals surface area contributed by atoms with Gasteiger partial charge in [-0.15, -0.1) is 0 Å². The molecule has 1 heterocycles. The molecule has 0 bridgehead atoms. The van der Waals surface area contributed by atoms with Gasteiger partial charge in [0.1, 0.15) is 18.3 Å². The topological polar surface area (TPSA) is 46.2 Å². The van der Waals surface area contributed by atoms with Gasteiger partial charge in [-0.05, 0) is 22.3 Å². The summed E-state index contributed by atoms with van der Waals surface area (Å²) < 4.78 is 31.9. The molecular weight excluding hydrogens is 476 g/mol. The predicted octanol–water partition coefficient (Wildman–Crippen LogP) is 6.32. The third-order valence-corrected chi connectivity index (χ3v) is 6.52. The van der Waals surface area contributed by atoms with Crippen LogP contribution in [0, 0.1) is 0 Å². The maximum absolute atomic E-state index is 6.54. The Kier molecular flexibility index (Phi) is 9.69. The van der Waals surface area contributed by atoms with Gasteiger partial charge in [-0.25, -0.2) is 0 Å². The molecule has 0 unspecified atom stereocenters. The van der Waals surface area contributed by atoms with Crippen LogP contribution in [0.1, 0.15) is 22.3 Å². The summed E-state index contributed by atoms with van der Waals surface area (Å²) in [5.41, 5.74) is 4.33. The van der Waals surface area contributed by atoms with Crippen molar-refractivity contribution >= 4 is 0 Å². The third-order valence-electron chi connectivity index (χ3n) is 6.52. The summed E-state index contributed by atoms with van der Waals surface area (Å²) in [6, 6.07) is 40.5. The maximum Gasteiger partial charge on any atom is 0.186 e. The van der Waals surface area contributed by atoms with Gasteiger partial charge in [0.05, 0.1) is 33.0 Å². The standard InChI is InChI=1S/C33H34O5/c1-5-13-26(14-6-1)21-34-30-25-38-33(37-24-29-19-11-4-12-20-29)32(36-23-28-17-9-3-10-18-28)31(30)35-22-27-15-7-2-8-16-27/h1-20,30-33H,21-25H2/t30-,31-,32-,33-/m1/s1. The molecule has 1 saturated heterocycles. The Morgan fingerprint density at radius 1 is 0.447 bits per heavy atom. The van der Waals surface area contributed by atoms with Gasteiger partial charge in [0.15, 0.2) is 6.29 Å². The molecular formula is C33H34O5. The van der Waals surface area contributed by atoms with Gasteiger partial charge in [0.2, 0.25) is 0 Å². The van der Waals surface area contributed by atoms with Crippen LogP contribution < -0.4 is 0 Å². The molecule has 5 rings (SSSR count). The highest BCUT2D eigenvalue weighted by molar-refractivity contribution is 5.16. The normalized spacial score (nSPS) is 21.3. The van der Waals surface area contributed by atoms with Gasteiger partial charge in [-0.3, -0.25) is 0 Å². The third kappa shape index (κ3) is 7.60. The van der Waals surface area contributed by atoms with Crippen LogP contribution in [0.3, 0.4) is 0 Å². The highest BCUT2D eigenvalue weighted by atomic mass is 16.7. The molecule has 0 aliphatic carbocycles. The van der Waals surface area contributed by atoms with Crippen LogP contribution in [0.2, 0.25) is 0 Å². The summed E-state index contributed by atoms with van der Waals surface area (Å²) >= 11 is 0. The van der Waals surface area contributed by atoms with E-state index < -0.39 is 18.5 Å². The molecule has 4 aromatic carbocycles. The molecule has 0 amide bonds. The molecule has 196 valence electrons. The average molecular weight is 511 g/mol. The Morgan fingerprint density at radius 3 is 1.26 bits per heavy atom. The molecule has 0 radical (unpaired) electrons. The number of rotatable bonds is 12. The summed E-state index contributed by atoms with van der Waals surface area (Å²) in [6.07, 6.45) is -1.80. The van der Waals surface area contributed by atoms with Crippen molar-refractivity contribution in [2.24, 2.45) is 0 Å². The van der Waals surface area contributed by atoms with Gasteiger partial charge in [-0.1, -0.05) is 121 Å². The molecule has 0 spiro atoms. The molecule has 1 aliphatic rings. The molecule has 4 aromatic rings. The van der Waals surface area contributed by atoms with E-state index in [9.17, 15) is 0 Å². The zero-order valence-corrected chi connectivity index (χ0v) is 21.4. The Labute approximate surface area is 224 Å². The number of hydrogen-bond acceptors (Lipinski definition) is 5. The van der Waals surface area contributed by atoms with Crippen molar-refractivity contribution in [3.8, 4) is 0 Å². The Bertz CT molecular complexity index is 1090. The quantitative estimate of drug-likeness (QED) is 0.223. The van der Waals surface area contributed by atoms with Crippen LogP contribution in [0.4, 0.5) is 0 Å². The highest BCUT2D eigenvalue weighted by Gasteiger charge is 2.43. The fourth-order valence-electron chi connectivity index (χ4n) is 4.47. The van der Waals surface area contributed by atoms with E-state index in [0.717, 1.165) is 22.3 Å². The van der Waals surface area contributed by atoms with E-state index in [-0.39, 0.29) is 6.10 Å². The fourth-order valence-corrected chi connectivity index (χ4v) is 4.47. The lowest BCUT2D eigenvalue weighted by atomic mass is 10.0. The van der Waals surface area contributed by atoms with Crippen LogP contribution in [0.25, 0.3) is 0 Å². The minimum absolute atomic E-state index is 0.323. The second kappa shape index (κ2) is 14.0. The van der Waals surface area contributed by atoms with Gasteiger partial charge >= 0.3 is 0 Å². The summed E-state index contributed by atoms with van der Waals surface area (Å²) in [7, 11) is 0. The van der Waals surface area contributed by atoms with Crippen molar-refractivity contribution in [3.05, 3.63) is 144 Å². The van der Waals surface area contributed by atoms with Crippen molar-refractivity contribution in [1.29, 1.82) is 0 Å². The number of ether oxygens (including phenoxy) is 5. The Morgan fingerprint density at radius 2 is 0.816 bits per heavy atom. The number of hydrogen-bond donors (Lipinski definition) is 0. The fraction of sp³-hybridized carbons (Fsp3) is 0.273. The summed E-state index contributed by atoms with van der Waals surface area (Å²) in [4.78, 5) is 0. The van der Waals surface area contributed by atoms with Crippen molar-refractivity contribution < 1.29 is 23.7 Å². The zero-order chi connectivity index (χ0) is 25.8. The van der Waals surface area contributed by atoms with E-state index in [4.69, 9.17) is 23.7 Å². The summed E-state index contributed by atoms with van der Waals surface area (Å²) in [6.45, 7) is 2.07. The van der Waals surface area contributed by atoms with Crippen molar-refractivity contribution in [3.63, 3.8) is 0 Å². The largest absolute Gasteiger partial charge is 0.368 e. The molecule has 0 aromatic heterocycles. The average Bonchev–Trinajstić information content (AvgIpc) is 2.99. The minimum atomic E-state index is -0.601. The van der Waals surface area contributed by atoms with Gasteiger partial charge in [0.25, 0.3) is 0 Å². The van der Waals surface area contributed by atoms with Gasteiger partial charge < -0.3 is 23.7 Å². The first-order chi connectivity index (χ1) is 18.8. The smallest absolute Gasteiger partial charge is 0.186 e. The van der Waals surface area contributed by atoms with Gasteiger partial charge in [-0.2, -0.15) is 0 Å². The molecule has 4 atom stereocenters. The van der Waals surface area contributed by atoms with Crippen LogP contribution in [0.15, 0.2) is 121 Å². The lowest BCUT2D eigenvalue weighted by molar-refractivity contribution is -0.302. The second-order valence-corrected chi connectivity index (χ2v) is 9.36. The highest BCUT2D eigenvalue weighted by Crippen LogP contribution is 2.28. The minimum Gasteiger partial charge on any atom is -0.368 e. The molecule has 0 N–H and O–H groups in total. The maximum atomic E-state index is 6.54. The van der Waals surface area contributed by atoms with Crippen LogP contribution in [0.5, 0.6) is 0 Å². The molecule has 0 saturated carbocycles. The first-order valence-corrected chi connectivity index (χ1v) is 13.1. The van der Waals surface area contributed by atoms with E-state index in [1.165, 1.54) is 0 Å². The Hall–Kier alpha value is -3.32. The van der Waals surface area contributed by atoms with E-state index in [1.807, 2.05) is 97.1 Å². The van der Waals surface area contributed by atoms with E-state index >= 15 is 0 Å². The van der Waals surface area contributed by atoms with Crippen LogP contribution in [-0.4, -0.2) is 31.2 Å². The summed E-state index contributed by atoms with van der Waals surface area (Å²) in [5, 5.41) is 0. The van der Waals surface area contributed by atoms with Crippen molar-refractivity contribution in [2.75, 3.05) is 6.61 Å². The zero-order valence-electron chi connectivity index (χ0n) is 21.4. The second-order valence-electron chi connectivity index (χ2n) is 9.36. The lowest BCUT2D eigenvalue weighted by Gasteiger charge is -2.42. The molecule has 5 nitrogen and oxygen atoms in total. The lowest BCUT2D eigenvalue weighted by Crippen LogP contribution is -2.56. The Balaban J connectivity index is 1.35. The number of benzene rings is 4. The predicted molar refractivity (Wildman–Crippen MR) is 146 cm³/mol. The van der Waals surface area contributed by atoms with Crippen LogP contribution in [-0.2, 0) is 50.1 Å².